The van der Waals surface area contributed by atoms with Crippen molar-refractivity contribution < 1.29 is 23.1 Å². The van der Waals surface area contributed by atoms with E-state index < -0.39 is 17.6 Å². The zero-order chi connectivity index (χ0) is 21.7. The molecule has 1 aromatic carbocycles. The van der Waals surface area contributed by atoms with Crippen LogP contribution in [-0.2, 0) is 4.74 Å². The molecule has 0 bridgehead atoms. The highest BCUT2D eigenvalue weighted by molar-refractivity contribution is 5.98. The molecule has 2 heterocycles. The summed E-state index contributed by atoms with van der Waals surface area (Å²) in [6, 6.07) is 7.89. The second-order valence-electron chi connectivity index (χ2n) is 8.45. The van der Waals surface area contributed by atoms with Gasteiger partial charge in [-0.25, -0.2) is 18.6 Å². The van der Waals surface area contributed by atoms with Gasteiger partial charge in [-0.15, -0.1) is 0 Å². The molecule has 2 fully saturated rings. The summed E-state index contributed by atoms with van der Waals surface area (Å²) in [5, 5.41) is 0. The Morgan fingerprint density at radius 3 is 2.53 bits per heavy atom. The molecule has 0 atom stereocenters. The van der Waals surface area contributed by atoms with Crippen LogP contribution in [0.5, 0.6) is 0 Å². The van der Waals surface area contributed by atoms with Crippen LogP contribution in [0.25, 0.3) is 5.69 Å². The SMILES string of the molecule is Cc1cccc(-n2c(C)nc(C(=O)CN3CC4(CCC(F)(F)CC4)OC3=O)c2C)c1. The van der Waals surface area contributed by atoms with Crippen molar-refractivity contribution in [3.8, 4) is 5.69 Å². The first-order valence-corrected chi connectivity index (χ1v) is 10.1. The minimum absolute atomic E-state index is 0.108. The smallest absolute Gasteiger partial charge is 0.410 e. The minimum Gasteiger partial charge on any atom is -0.441 e. The van der Waals surface area contributed by atoms with Crippen LogP contribution in [-0.4, -0.2) is 50.9 Å². The molecule has 1 saturated heterocycles. The Morgan fingerprint density at radius 2 is 1.87 bits per heavy atom. The molecule has 6 nitrogen and oxygen atoms in total. The van der Waals surface area contributed by atoms with Crippen molar-refractivity contribution in [2.45, 2.75) is 58.0 Å². The van der Waals surface area contributed by atoms with E-state index in [1.165, 1.54) is 4.90 Å². The average molecular weight is 417 g/mol. The minimum atomic E-state index is -2.71. The quantitative estimate of drug-likeness (QED) is 0.693. The number of hydrogen-bond donors (Lipinski definition) is 0. The molecular weight excluding hydrogens is 392 g/mol. The Bertz CT molecular complexity index is 1010. The monoisotopic (exact) mass is 417 g/mol. The van der Waals surface area contributed by atoms with E-state index in [1.54, 1.807) is 0 Å². The fraction of sp³-hybridized carbons (Fsp3) is 0.500. The number of aryl methyl sites for hydroxylation is 2. The van der Waals surface area contributed by atoms with Crippen LogP contribution in [0.2, 0.25) is 0 Å². The molecule has 160 valence electrons. The summed E-state index contributed by atoms with van der Waals surface area (Å²) in [5.41, 5.74) is 2.10. The molecule has 1 amide bonds. The molecule has 30 heavy (non-hydrogen) atoms. The third-order valence-corrected chi connectivity index (χ3v) is 6.07. The van der Waals surface area contributed by atoms with E-state index in [-0.39, 0.29) is 44.6 Å². The number of aromatic nitrogens is 2. The number of rotatable bonds is 4. The summed E-state index contributed by atoms with van der Waals surface area (Å²) in [4.78, 5) is 31.0. The van der Waals surface area contributed by atoms with Crippen LogP contribution in [0, 0.1) is 20.8 Å². The topological polar surface area (TPSA) is 64.4 Å². The Hall–Kier alpha value is -2.77. The van der Waals surface area contributed by atoms with Crippen molar-refractivity contribution in [3.05, 3.63) is 47.0 Å². The number of imidazole rings is 1. The lowest BCUT2D eigenvalue weighted by molar-refractivity contribution is -0.0910. The molecule has 1 aromatic heterocycles. The van der Waals surface area contributed by atoms with E-state index in [1.807, 2.05) is 49.6 Å². The van der Waals surface area contributed by atoms with Gasteiger partial charge in [0.25, 0.3) is 0 Å². The van der Waals surface area contributed by atoms with Gasteiger partial charge in [0.05, 0.1) is 18.8 Å². The number of hydrogen-bond acceptors (Lipinski definition) is 4. The average Bonchev–Trinajstić information content (AvgIpc) is 3.14. The Labute approximate surface area is 173 Å². The molecule has 8 heteroatoms. The first-order valence-electron chi connectivity index (χ1n) is 10.1. The summed E-state index contributed by atoms with van der Waals surface area (Å²) < 4.78 is 34.4. The van der Waals surface area contributed by atoms with Crippen molar-refractivity contribution in [2.75, 3.05) is 13.1 Å². The number of carbonyl (C=O) groups is 2. The molecule has 2 aromatic rings. The number of Topliss-reactive ketones (excluding diaryl/α,β-unsaturated/α-hetero) is 1. The number of benzene rings is 1. The van der Waals surface area contributed by atoms with Gasteiger partial charge in [0, 0.05) is 18.5 Å². The zero-order valence-corrected chi connectivity index (χ0v) is 17.4. The molecule has 1 spiro atoms. The molecule has 1 aliphatic carbocycles. The first kappa shape index (κ1) is 20.5. The van der Waals surface area contributed by atoms with Crippen LogP contribution in [0.1, 0.15) is 53.3 Å². The predicted molar refractivity (Wildman–Crippen MR) is 106 cm³/mol. The molecule has 1 aliphatic heterocycles. The van der Waals surface area contributed by atoms with Gasteiger partial charge in [0.1, 0.15) is 17.1 Å². The maximum Gasteiger partial charge on any atom is 0.410 e. The molecular formula is C22H25F2N3O3. The number of ketones is 1. The molecule has 0 radical (unpaired) electrons. The second kappa shape index (κ2) is 7.18. The lowest BCUT2D eigenvalue weighted by atomic mass is 9.83. The fourth-order valence-corrected chi connectivity index (χ4v) is 4.45. The van der Waals surface area contributed by atoms with Gasteiger partial charge in [-0.2, -0.15) is 0 Å². The van der Waals surface area contributed by atoms with Crippen molar-refractivity contribution in [1.29, 1.82) is 0 Å². The number of carbonyl (C=O) groups excluding carboxylic acids is 2. The highest BCUT2D eigenvalue weighted by Gasteiger charge is 2.51. The van der Waals surface area contributed by atoms with Gasteiger partial charge >= 0.3 is 6.09 Å². The Morgan fingerprint density at radius 1 is 1.17 bits per heavy atom. The maximum atomic E-state index is 13.5. The number of ether oxygens (including phenoxy) is 1. The van der Waals surface area contributed by atoms with Crippen LogP contribution >= 0.6 is 0 Å². The number of alkyl halides is 2. The molecule has 4 rings (SSSR count). The van der Waals surface area contributed by atoms with E-state index in [0.717, 1.165) is 11.3 Å². The summed E-state index contributed by atoms with van der Waals surface area (Å²) in [5.74, 6) is -2.33. The van der Waals surface area contributed by atoms with E-state index in [9.17, 15) is 18.4 Å². The van der Waals surface area contributed by atoms with Crippen molar-refractivity contribution in [1.82, 2.24) is 14.5 Å². The molecule has 2 aliphatic rings. The zero-order valence-electron chi connectivity index (χ0n) is 17.4. The van der Waals surface area contributed by atoms with Crippen molar-refractivity contribution in [2.24, 2.45) is 0 Å². The standard InChI is InChI=1S/C22H25F2N3O3/c1-14-5-4-6-17(11-14)27-15(2)19(25-16(27)3)18(28)12-26-13-21(30-20(26)29)7-9-22(23,24)10-8-21/h4-6,11H,7-10,12-13H2,1-3H3. The molecule has 0 N–H and O–H groups in total. The van der Waals surface area contributed by atoms with E-state index in [4.69, 9.17) is 4.74 Å². The second-order valence-corrected chi connectivity index (χ2v) is 8.45. The Balaban J connectivity index is 1.51. The predicted octanol–water partition coefficient (Wildman–Crippen LogP) is 4.38. The van der Waals surface area contributed by atoms with Crippen molar-refractivity contribution >= 4 is 11.9 Å². The van der Waals surface area contributed by atoms with E-state index in [0.29, 0.717) is 17.2 Å². The fourth-order valence-electron chi connectivity index (χ4n) is 4.45. The highest BCUT2D eigenvalue weighted by Crippen LogP contribution is 2.43. The van der Waals surface area contributed by atoms with Crippen LogP contribution in [0.4, 0.5) is 13.6 Å². The summed E-state index contributed by atoms with van der Waals surface area (Å²) >= 11 is 0. The number of amides is 1. The van der Waals surface area contributed by atoms with Crippen LogP contribution in [0.3, 0.4) is 0 Å². The van der Waals surface area contributed by atoms with E-state index >= 15 is 0 Å². The summed E-state index contributed by atoms with van der Waals surface area (Å²) in [6.45, 7) is 5.62. The lowest BCUT2D eigenvalue weighted by Gasteiger charge is -2.34. The first-order chi connectivity index (χ1) is 14.1. The van der Waals surface area contributed by atoms with Gasteiger partial charge in [-0.05, 0) is 51.3 Å². The van der Waals surface area contributed by atoms with E-state index in [2.05, 4.69) is 4.98 Å². The van der Waals surface area contributed by atoms with Gasteiger partial charge in [0.15, 0.2) is 0 Å². The van der Waals surface area contributed by atoms with Crippen molar-refractivity contribution in [3.63, 3.8) is 0 Å². The third-order valence-electron chi connectivity index (χ3n) is 6.07. The van der Waals surface area contributed by atoms with Gasteiger partial charge in [0.2, 0.25) is 11.7 Å². The van der Waals surface area contributed by atoms with Gasteiger partial charge in [-0.1, -0.05) is 12.1 Å². The molecule has 1 saturated carbocycles. The van der Waals surface area contributed by atoms with Crippen LogP contribution < -0.4 is 0 Å². The molecule has 0 unspecified atom stereocenters. The summed E-state index contributed by atoms with van der Waals surface area (Å²) in [6.07, 6.45) is -1.02. The highest BCUT2D eigenvalue weighted by atomic mass is 19.3. The Kier molecular flexibility index (Phi) is 4.91. The van der Waals surface area contributed by atoms with Gasteiger partial charge in [-0.3, -0.25) is 9.69 Å². The van der Waals surface area contributed by atoms with Gasteiger partial charge < -0.3 is 9.30 Å². The number of nitrogens with zero attached hydrogens (tertiary/aromatic N) is 3. The largest absolute Gasteiger partial charge is 0.441 e. The normalized spacial score (nSPS) is 19.9. The third kappa shape index (κ3) is 3.70. The lowest BCUT2D eigenvalue weighted by Crippen LogP contribution is -2.42. The number of halogens is 2. The summed E-state index contributed by atoms with van der Waals surface area (Å²) in [7, 11) is 0. The maximum absolute atomic E-state index is 13.5. The van der Waals surface area contributed by atoms with Crippen LogP contribution in [0.15, 0.2) is 24.3 Å².